The molecule has 3 nitrogen and oxygen atoms in total. The van der Waals surface area contributed by atoms with Crippen LogP contribution in [0, 0.1) is 0 Å². The first-order chi connectivity index (χ1) is 9.10. The number of hydrogen-bond acceptors (Lipinski definition) is 3. The second-order valence-corrected chi connectivity index (χ2v) is 5.79. The summed E-state index contributed by atoms with van der Waals surface area (Å²) in [6.45, 7) is 0. The first kappa shape index (κ1) is 14.6. The van der Waals surface area contributed by atoms with Gasteiger partial charge in [-0.05, 0) is 49.6 Å². The van der Waals surface area contributed by atoms with Crippen molar-refractivity contribution < 1.29 is 10.0 Å². The molecular formula is C15H24BNO2. The highest BCUT2D eigenvalue weighted by Gasteiger charge is 2.33. The topological polar surface area (TPSA) is 66.5 Å². The van der Waals surface area contributed by atoms with E-state index in [4.69, 9.17) is 15.8 Å². The zero-order valence-electron chi connectivity index (χ0n) is 11.5. The molecule has 0 spiro atoms. The van der Waals surface area contributed by atoms with Crippen LogP contribution in [0.3, 0.4) is 0 Å². The minimum absolute atomic E-state index is 0.0597. The zero-order chi connectivity index (χ0) is 13.7. The van der Waals surface area contributed by atoms with E-state index < -0.39 is 7.12 Å². The van der Waals surface area contributed by atoms with Gasteiger partial charge >= 0.3 is 7.12 Å². The molecule has 0 amide bonds. The predicted octanol–water partition coefficient (Wildman–Crippen LogP) is 2.21. The number of unbranched alkanes of at least 4 members (excludes halogenated alkanes) is 2. The fourth-order valence-electron chi connectivity index (χ4n) is 2.68. The van der Waals surface area contributed by atoms with Crippen LogP contribution < -0.4 is 5.73 Å². The summed E-state index contributed by atoms with van der Waals surface area (Å²) in [5, 5.41) is 17.5. The molecule has 0 aromatic heterocycles. The molecule has 4 heteroatoms. The molecule has 4 N–H and O–H groups in total. The monoisotopic (exact) mass is 261 g/mol. The van der Waals surface area contributed by atoms with E-state index >= 15 is 0 Å². The molecule has 19 heavy (non-hydrogen) atoms. The minimum atomic E-state index is -1.15. The molecule has 1 aliphatic carbocycles. The van der Waals surface area contributed by atoms with E-state index in [1.54, 1.807) is 0 Å². The lowest BCUT2D eigenvalue weighted by molar-refractivity contribution is 0.253. The van der Waals surface area contributed by atoms with Crippen LogP contribution in [0.1, 0.15) is 49.7 Å². The van der Waals surface area contributed by atoms with Crippen LogP contribution in [0.15, 0.2) is 24.3 Å². The summed E-state index contributed by atoms with van der Waals surface area (Å²) in [6, 6.07) is 8.71. The molecule has 1 aromatic rings. The summed E-state index contributed by atoms with van der Waals surface area (Å²) >= 11 is 0. The highest BCUT2D eigenvalue weighted by atomic mass is 16.4. The van der Waals surface area contributed by atoms with Crippen LogP contribution in [-0.4, -0.2) is 17.2 Å². The number of aryl methyl sites for hydroxylation is 1. The van der Waals surface area contributed by atoms with Crippen LogP contribution in [0.5, 0.6) is 0 Å². The standard InChI is InChI=1S/C15H24BNO2/c17-15(10-4-11-15)14-8-6-13(7-9-14)5-2-1-3-12-16(18)19/h6-9,18-19H,1-5,10-12,17H2. The van der Waals surface area contributed by atoms with E-state index in [0.717, 1.165) is 38.5 Å². The van der Waals surface area contributed by atoms with E-state index in [9.17, 15) is 0 Å². The van der Waals surface area contributed by atoms with Crippen LogP contribution in [0.2, 0.25) is 6.32 Å². The Labute approximate surface area is 116 Å². The average molecular weight is 261 g/mol. The Morgan fingerprint density at radius 3 is 2.26 bits per heavy atom. The van der Waals surface area contributed by atoms with E-state index in [1.807, 2.05) is 0 Å². The molecule has 1 aromatic carbocycles. The smallest absolute Gasteiger partial charge is 0.427 e. The van der Waals surface area contributed by atoms with Crippen molar-refractivity contribution >= 4 is 7.12 Å². The quantitative estimate of drug-likeness (QED) is 0.520. The third-order valence-corrected chi connectivity index (χ3v) is 4.20. The van der Waals surface area contributed by atoms with Gasteiger partial charge in [-0.25, -0.2) is 0 Å². The van der Waals surface area contributed by atoms with Gasteiger partial charge in [0.25, 0.3) is 0 Å². The summed E-state index contributed by atoms with van der Waals surface area (Å²) in [5.74, 6) is 0. The van der Waals surface area contributed by atoms with E-state index in [1.165, 1.54) is 17.5 Å². The van der Waals surface area contributed by atoms with E-state index in [-0.39, 0.29) is 5.54 Å². The number of hydrogen-bond donors (Lipinski definition) is 3. The van der Waals surface area contributed by atoms with Crippen molar-refractivity contribution in [2.75, 3.05) is 0 Å². The summed E-state index contributed by atoms with van der Waals surface area (Å²) in [4.78, 5) is 0. The molecule has 0 aliphatic heterocycles. The van der Waals surface area contributed by atoms with Gasteiger partial charge in [0.1, 0.15) is 0 Å². The van der Waals surface area contributed by atoms with Crippen molar-refractivity contribution in [3.05, 3.63) is 35.4 Å². The Bertz CT molecular complexity index is 388. The molecule has 0 saturated heterocycles. The maximum atomic E-state index is 8.75. The lowest BCUT2D eigenvalue weighted by atomic mass is 9.72. The number of nitrogens with two attached hydrogens (primary N) is 1. The van der Waals surface area contributed by atoms with Gasteiger partial charge < -0.3 is 15.8 Å². The van der Waals surface area contributed by atoms with Gasteiger partial charge in [-0.15, -0.1) is 0 Å². The van der Waals surface area contributed by atoms with E-state index in [0.29, 0.717) is 6.32 Å². The normalized spacial score (nSPS) is 17.0. The molecule has 0 atom stereocenters. The lowest BCUT2D eigenvalue weighted by Gasteiger charge is -2.38. The van der Waals surface area contributed by atoms with Crippen molar-refractivity contribution in [2.45, 2.75) is 56.8 Å². The molecule has 0 heterocycles. The van der Waals surface area contributed by atoms with Crippen molar-refractivity contribution in [3.8, 4) is 0 Å². The Balaban J connectivity index is 1.73. The van der Waals surface area contributed by atoms with Crippen molar-refractivity contribution in [1.29, 1.82) is 0 Å². The summed E-state index contributed by atoms with van der Waals surface area (Å²) in [7, 11) is -1.15. The fourth-order valence-corrected chi connectivity index (χ4v) is 2.68. The fraction of sp³-hybridized carbons (Fsp3) is 0.600. The number of benzene rings is 1. The van der Waals surface area contributed by atoms with Gasteiger partial charge in [-0.3, -0.25) is 0 Å². The average Bonchev–Trinajstić information content (AvgIpc) is 2.36. The summed E-state index contributed by atoms with van der Waals surface area (Å²) in [6.07, 6.45) is 8.01. The third-order valence-electron chi connectivity index (χ3n) is 4.20. The predicted molar refractivity (Wildman–Crippen MR) is 78.7 cm³/mol. The maximum absolute atomic E-state index is 8.75. The van der Waals surface area contributed by atoms with Gasteiger partial charge in [0.15, 0.2) is 0 Å². The molecular weight excluding hydrogens is 237 g/mol. The summed E-state index contributed by atoms with van der Waals surface area (Å²) < 4.78 is 0. The molecule has 0 bridgehead atoms. The van der Waals surface area contributed by atoms with Crippen LogP contribution in [0.25, 0.3) is 0 Å². The summed E-state index contributed by atoms with van der Waals surface area (Å²) in [5.41, 5.74) is 8.85. The maximum Gasteiger partial charge on any atom is 0.451 e. The third kappa shape index (κ3) is 4.06. The lowest BCUT2D eigenvalue weighted by Crippen LogP contribution is -2.43. The molecule has 1 saturated carbocycles. The molecule has 104 valence electrons. The van der Waals surface area contributed by atoms with Crippen LogP contribution >= 0.6 is 0 Å². The zero-order valence-corrected chi connectivity index (χ0v) is 11.5. The van der Waals surface area contributed by atoms with Gasteiger partial charge in [0, 0.05) is 5.54 Å². The van der Waals surface area contributed by atoms with Gasteiger partial charge in [0.2, 0.25) is 0 Å². The van der Waals surface area contributed by atoms with Crippen LogP contribution in [0.4, 0.5) is 0 Å². The molecule has 0 radical (unpaired) electrons. The Kier molecular flexibility index (Phi) is 5.02. The molecule has 1 aliphatic rings. The largest absolute Gasteiger partial charge is 0.451 e. The Hall–Kier alpha value is -0.835. The SMILES string of the molecule is NC1(c2ccc(CCCCCB(O)O)cc2)CCC1. The highest BCUT2D eigenvalue weighted by Crippen LogP contribution is 2.38. The Morgan fingerprint density at radius 1 is 1.05 bits per heavy atom. The first-order valence-electron chi connectivity index (χ1n) is 7.35. The second-order valence-electron chi connectivity index (χ2n) is 5.79. The van der Waals surface area contributed by atoms with Gasteiger partial charge in [-0.2, -0.15) is 0 Å². The van der Waals surface area contributed by atoms with Gasteiger partial charge in [-0.1, -0.05) is 37.1 Å². The second kappa shape index (κ2) is 6.55. The highest BCUT2D eigenvalue weighted by molar-refractivity contribution is 6.40. The molecule has 2 rings (SSSR count). The number of rotatable bonds is 7. The van der Waals surface area contributed by atoms with Crippen LogP contribution in [-0.2, 0) is 12.0 Å². The van der Waals surface area contributed by atoms with Crippen molar-refractivity contribution in [2.24, 2.45) is 5.73 Å². The van der Waals surface area contributed by atoms with E-state index in [2.05, 4.69) is 24.3 Å². The Morgan fingerprint density at radius 2 is 1.74 bits per heavy atom. The van der Waals surface area contributed by atoms with Crippen molar-refractivity contribution in [1.82, 2.24) is 0 Å². The minimum Gasteiger partial charge on any atom is -0.427 e. The molecule has 0 unspecified atom stereocenters. The molecule has 1 fully saturated rings. The van der Waals surface area contributed by atoms with Crippen molar-refractivity contribution in [3.63, 3.8) is 0 Å². The van der Waals surface area contributed by atoms with Gasteiger partial charge in [0.05, 0.1) is 0 Å². The first-order valence-corrected chi connectivity index (χ1v) is 7.35.